The van der Waals surface area contributed by atoms with Gasteiger partial charge in [-0.25, -0.2) is 4.57 Å². The van der Waals surface area contributed by atoms with Crippen LogP contribution in [0.15, 0.2) is 12.2 Å². The van der Waals surface area contributed by atoms with Gasteiger partial charge >= 0.3 is 19.8 Å². The van der Waals surface area contributed by atoms with Crippen molar-refractivity contribution in [2.24, 2.45) is 5.73 Å². The summed E-state index contributed by atoms with van der Waals surface area (Å²) in [5.74, 6) is -0.801. The second-order valence-corrected chi connectivity index (χ2v) is 28.0. The highest BCUT2D eigenvalue weighted by Crippen LogP contribution is 2.43. The van der Waals surface area contributed by atoms with E-state index < -0.39 is 26.5 Å². The summed E-state index contributed by atoms with van der Waals surface area (Å²) in [5, 5.41) is 0. The Morgan fingerprint density at radius 2 is 0.570 bits per heavy atom. The van der Waals surface area contributed by atoms with Crippen molar-refractivity contribution in [3.8, 4) is 0 Å². The van der Waals surface area contributed by atoms with Crippen LogP contribution in [-0.2, 0) is 32.7 Å². The number of phosphoric acid groups is 1. The third-order valence-corrected chi connectivity index (χ3v) is 18.9. The molecule has 0 spiro atoms. The van der Waals surface area contributed by atoms with Crippen molar-refractivity contribution >= 4 is 19.8 Å². The zero-order valence-corrected chi connectivity index (χ0v) is 58.7. The molecule has 2 atom stereocenters. The van der Waals surface area contributed by atoms with Gasteiger partial charge in [-0.15, -0.1) is 0 Å². The summed E-state index contributed by atoms with van der Waals surface area (Å²) in [6.07, 6.45) is 89.3. The maximum atomic E-state index is 12.8. The molecule has 0 saturated heterocycles. The second-order valence-electron chi connectivity index (χ2n) is 26.6. The molecule has 0 amide bonds. The van der Waals surface area contributed by atoms with Crippen LogP contribution in [0.5, 0.6) is 0 Å². The normalized spacial score (nSPS) is 12.8. The number of hydrogen-bond donors (Lipinski definition) is 2. The summed E-state index contributed by atoms with van der Waals surface area (Å²) >= 11 is 0. The van der Waals surface area contributed by atoms with Gasteiger partial charge in [0.15, 0.2) is 6.10 Å². The first-order valence-corrected chi connectivity index (χ1v) is 40.2. The molecule has 0 aromatic heterocycles. The van der Waals surface area contributed by atoms with Crippen molar-refractivity contribution in [2.75, 3.05) is 26.4 Å². The lowest BCUT2D eigenvalue weighted by atomic mass is 10.0. The van der Waals surface area contributed by atoms with E-state index in [1.54, 1.807) is 0 Å². The molecule has 512 valence electrons. The van der Waals surface area contributed by atoms with E-state index in [4.69, 9.17) is 24.3 Å². The van der Waals surface area contributed by atoms with E-state index >= 15 is 0 Å². The minimum atomic E-state index is -4.39. The average Bonchev–Trinajstić information content (AvgIpc) is 3.58. The smallest absolute Gasteiger partial charge is 0.462 e. The van der Waals surface area contributed by atoms with Crippen LogP contribution in [0.2, 0.25) is 0 Å². The summed E-state index contributed by atoms with van der Waals surface area (Å²) in [5.41, 5.74) is 5.41. The van der Waals surface area contributed by atoms with Gasteiger partial charge < -0.3 is 20.1 Å². The van der Waals surface area contributed by atoms with Crippen LogP contribution in [0.1, 0.15) is 431 Å². The topological polar surface area (TPSA) is 134 Å². The van der Waals surface area contributed by atoms with Crippen molar-refractivity contribution in [3.05, 3.63) is 12.2 Å². The molecule has 0 fully saturated rings. The number of phosphoric ester groups is 1. The van der Waals surface area contributed by atoms with Crippen molar-refractivity contribution in [1.29, 1.82) is 0 Å². The molecular weight excluding hydrogens is 1090 g/mol. The number of esters is 2. The molecule has 10 heteroatoms. The predicted octanol–water partition coefficient (Wildman–Crippen LogP) is 25.5. The van der Waals surface area contributed by atoms with E-state index in [-0.39, 0.29) is 38.6 Å². The minimum Gasteiger partial charge on any atom is -0.462 e. The van der Waals surface area contributed by atoms with Gasteiger partial charge in [-0.3, -0.25) is 18.6 Å². The van der Waals surface area contributed by atoms with E-state index in [9.17, 15) is 19.0 Å². The van der Waals surface area contributed by atoms with E-state index in [1.165, 1.54) is 366 Å². The fourth-order valence-corrected chi connectivity index (χ4v) is 12.9. The lowest BCUT2D eigenvalue weighted by Gasteiger charge is -2.19. The Kier molecular flexibility index (Phi) is 71.8. The van der Waals surface area contributed by atoms with Gasteiger partial charge in [-0.2, -0.15) is 0 Å². The molecule has 0 bridgehead atoms. The standard InChI is InChI=1S/C76H150NO8P/c1-3-5-7-9-11-13-15-17-19-21-23-25-27-29-30-31-32-33-34-35-36-37-38-39-40-41-42-43-45-46-48-50-52-54-56-58-60-62-64-66-68-75(78)82-72-74(73-84-86(80,81)83-71-70-77)85-76(79)69-67-65-63-61-59-57-55-53-51-49-47-44-28-26-24-22-20-18-16-14-12-10-8-6-4-2/h22,24,74H,3-21,23,25-73,77H2,1-2H3,(H,80,81)/b24-22-. The lowest BCUT2D eigenvalue weighted by molar-refractivity contribution is -0.161. The summed E-state index contributed by atoms with van der Waals surface area (Å²) in [7, 11) is -4.39. The van der Waals surface area contributed by atoms with Crippen LogP contribution in [0, 0.1) is 0 Å². The van der Waals surface area contributed by atoms with Gasteiger partial charge in [-0.05, 0) is 38.5 Å². The first-order chi connectivity index (χ1) is 42.3. The maximum Gasteiger partial charge on any atom is 0.472 e. The van der Waals surface area contributed by atoms with Crippen LogP contribution in [0.4, 0.5) is 0 Å². The third-order valence-electron chi connectivity index (χ3n) is 17.9. The maximum absolute atomic E-state index is 12.8. The van der Waals surface area contributed by atoms with Crippen LogP contribution in [0.3, 0.4) is 0 Å². The highest BCUT2D eigenvalue weighted by molar-refractivity contribution is 7.47. The predicted molar refractivity (Wildman–Crippen MR) is 372 cm³/mol. The van der Waals surface area contributed by atoms with E-state index in [2.05, 4.69) is 26.0 Å². The zero-order chi connectivity index (χ0) is 62.3. The van der Waals surface area contributed by atoms with E-state index in [1.807, 2.05) is 0 Å². The minimum absolute atomic E-state index is 0.0574. The molecule has 3 N–H and O–H groups in total. The molecule has 0 aliphatic rings. The molecular formula is C76H150NO8P. The summed E-state index contributed by atoms with van der Waals surface area (Å²) in [6, 6.07) is 0. The SMILES string of the molecule is CCCCCCCCCC/C=C\CCCCCCCCCCCCCCCC(=O)OC(COC(=O)CCCCCCCCCCCCCCCCCCCCCCCCCCCCCCCCCCCCCCCCCC)COP(=O)(O)OCCN. The molecule has 0 radical (unpaired) electrons. The number of carbonyl (C=O) groups excluding carboxylic acids is 2. The number of unbranched alkanes of at least 4 members (excludes halogenated alkanes) is 60. The Morgan fingerprint density at radius 3 is 0.826 bits per heavy atom. The number of carbonyl (C=O) groups is 2. The molecule has 86 heavy (non-hydrogen) atoms. The average molecular weight is 1240 g/mol. The van der Waals surface area contributed by atoms with E-state index in [0.29, 0.717) is 6.42 Å². The van der Waals surface area contributed by atoms with Crippen LogP contribution >= 0.6 is 7.82 Å². The van der Waals surface area contributed by atoms with Gasteiger partial charge in [-0.1, -0.05) is 392 Å². The first-order valence-electron chi connectivity index (χ1n) is 38.7. The Balaban J connectivity index is 3.71. The summed E-state index contributed by atoms with van der Waals surface area (Å²) in [6.45, 7) is 3.84. The van der Waals surface area contributed by atoms with Gasteiger partial charge in [0.25, 0.3) is 0 Å². The Bertz CT molecular complexity index is 1410. The summed E-state index contributed by atoms with van der Waals surface area (Å²) in [4.78, 5) is 35.4. The van der Waals surface area contributed by atoms with Gasteiger partial charge in [0.05, 0.1) is 13.2 Å². The largest absolute Gasteiger partial charge is 0.472 e. The second kappa shape index (κ2) is 72.8. The van der Waals surface area contributed by atoms with Crippen molar-refractivity contribution in [1.82, 2.24) is 0 Å². The first kappa shape index (κ1) is 84.8. The fourth-order valence-electron chi connectivity index (χ4n) is 12.2. The molecule has 0 aliphatic heterocycles. The number of nitrogens with two attached hydrogens (primary N) is 1. The molecule has 0 aromatic rings. The van der Waals surface area contributed by atoms with Crippen LogP contribution in [0.25, 0.3) is 0 Å². The molecule has 0 aliphatic carbocycles. The van der Waals surface area contributed by atoms with Crippen molar-refractivity contribution in [3.63, 3.8) is 0 Å². The van der Waals surface area contributed by atoms with Crippen LogP contribution in [-0.4, -0.2) is 49.3 Å². The Hall–Kier alpha value is -1.25. The quantitative estimate of drug-likeness (QED) is 0.0264. The molecule has 9 nitrogen and oxygen atoms in total. The van der Waals surface area contributed by atoms with Gasteiger partial charge in [0, 0.05) is 19.4 Å². The number of allylic oxidation sites excluding steroid dienone is 2. The molecule has 2 unspecified atom stereocenters. The highest BCUT2D eigenvalue weighted by atomic mass is 31.2. The number of hydrogen-bond acceptors (Lipinski definition) is 8. The van der Waals surface area contributed by atoms with Crippen LogP contribution < -0.4 is 5.73 Å². The molecule has 0 heterocycles. The Labute approximate surface area is 536 Å². The fraction of sp³-hybridized carbons (Fsp3) is 0.947. The highest BCUT2D eigenvalue weighted by Gasteiger charge is 2.26. The molecule has 0 aromatic carbocycles. The van der Waals surface area contributed by atoms with E-state index in [0.717, 1.165) is 32.1 Å². The summed E-state index contributed by atoms with van der Waals surface area (Å²) < 4.78 is 33.2. The zero-order valence-electron chi connectivity index (χ0n) is 57.9. The van der Waals surface area contributed by atoms with Crippen molar-refractivity contribution < 1.29 is 37.6 Å². The monoisotopic (exact) mass is 1240 g/mol. The number of rotatable bonds is 75. The number of ether oxygens (including phenoxy) is 2. The Morgan fingerprint density at radius 1 is 0.337 bits per heavy atom. The molecule has 0 rings (SSSR count). The van der Waals surface area contributed by atoms with Crippen molar-refractivity contribution in [2.45, 2.75) is 437 Å². The molecule has 0 saturated carbocycles. The van der Waals surface area contributed by atoms with Gasteiger partial charge in [0.2, 0.25) is 0 Å². The lowest BCUT2D eigenvalue weighted by Crippen LogP contribution is -2.29. The third kappa shape index (κ3) is 71.8. The van der Waals surface area contributed by atoms with Gasteiger partial charge in [0.1, 0.15) is 6.61 Å².